The predicted molar refractivity (Wildman–Crippen MR) is 67.7 cm³/mol. The van der Waals surface area contributed by atoms with Gasteiger partial charge in [-0.15, -0.1) is 0 Å². The van der Waals surface area contributed by atoms with Gasteiger partial charge in [-0.2, -0.15) is 0 Å². The van der Waals surface area contributed by atoms with Crippen LogP contribution in [0, 0.1) is 17.6 Å². The minimum Gasteiger partial charge on any atom is -0.381 e. The lowest BCUT2D eigenvalue weighted by Crippen LogP contribution is -2.36. The molecule has 0 aromatic heterocycles. The maximum absolute atomic E-state index is 13.5. The maximum Gasteiger partial charge on any atom is 0.173 e. The van der Waals surface area contributed by atoms with E-state index in [4.69, 9.17) is 10.6 Å². The second-order valence-corrected chi connectivity index (χ2v) is 5.15. The molecule has 6 heteroatoms. The molecule has 1 aliphatic heterocycles. The summed E-state index contributed by atoms with van der Waals surface area (Å²) in [5.41, 5.74) is 3.34. The summed E-state index contributed by atoms with van der Waals surface area (Å²) in [5.74, 6) is 4.08. The molecule has 0 bridgehead atoms. The smallest absolute Gasteiger partial charge is 0.173 e. The molecule has 1 saturated heterocycles. The molecule has 0 spiro atoms. The number of nitrogens with two attached hydrogens (primary N) is 1. The lowest BCUT2D eigenvalue weighted by atomic mass is 9.87. The molecule has 1 heterocycles. The first-order valence-corrected chi connectivity index (χ1v) is 6.61. The van der Waals surface area contributed by atoms with Crippen LogP contribution in [0.5, 0.6) is 0 Å². The predicted octanol–water partition coefficient (Wildman–Crippen LogP) is 2.66. The lowest BCUT2D eigenvalue weighted by Gasteiger charge is -2.30. The van der Waals surface area contributed by atoms with E-state index in [9.17, 15) is 8.78 Å². The molecule has 2 rings (SSSR count). The SMILES string of the molecule is NNC(c1ccc(F)c(F)c1Br)C1CCOCC1. The molecule has 1 aromatic rings. The fraction of sp³-hybridized carbons (Fsp3) is 0.500. The molecule has 0 radical (unpaired) electrons. The Bertz CT molecular complexity index is 425. The zero-order valence-corrected chi connectivity index (χ0v) is 11.3. The first kappa shape index (κ1) is 13.9. The van der Waals surface area contributed by atoms with Gasteiger partial charge in [0.15, 0.2) is 11.6 Å². The summed E-state index contributed by atoms with van der Waals surface area (Å²) >= 11 is 3.10. The highest BCUT2D eigenvalue weighted by molar-refractivity contribution is 9.10. The van der Waals surface area contributed by atoms with Gasteiger partial charge in [0.05, 0.1) is 10.5 Å². The molecule has 3 nitrogen and oxygen atoms in total. The van der Waals surface area contributed by atoms with Gasteiger partial charge in [-0.05, 0) is 46.3 Å². The summed E-state index contributed by atoms with van der Waals surface area (Å²) in [4.78, 5) is 0. The fourth-order valence-electron chi connectivity index (χ4n) is 2.31. The van der Waals surface area contributed by atoms with Crippen molar-refractivity contribution in [3.8, 4) is 0 Å². The Hall–Kier alpha value is -0.560. The van der Waals surface area contributed by atoms with E-state index < -0.39 is 11.6 Å². The van der Waals surface area contributed by atoms with Gasteiger partial charge in [-0.25, -0.2) is 8.78 Å². The number of hydrogen-bond donors (Lipinski definition) is 2. The van der Waals surface area contributed by atoms with Gasteiger partial charge in [-0.1, -0.05) is 6.07 Å². The highest BCUT2D eigenvalue weighted by atomic mass is 79.9. The average molecular weight is 321 g/mol. The van der Waals surface area contributed by atoms with Crippen LogP contribution in [-0.4, -0.2) is 13.2 Å². The van der Waals surface area contributed by atoms with Crippen LogP contribution in [0.3, 0.4) is 0 Å². The third-order valence-electron chi connectivity index (χ3n) is 3.32. The first-order chi connectivity index (χ1) is 8.65. The Labute approximate surface area is 113 Å². The van der Waals surface area contributed by atoms with E-state index in [1.165, 1.54) is 0 Å². The molecule has 3 N–H and O–H groups in total. The van der Waals surface area contributed by atoms with Crippen LogP contribution in [0.25, 0.3) is 0 Å². The highest BCUT2D eigenvalue weighted by Gasteiger charge is 2.27. The minimum atomic E-state index is -0.875. The van der Waals surface area contributed by atoms with Crippen LogP contribution in [0.2, 0.25) is 0 Å². The summed E-state index contributed by atoms with van der Waals surface area (Å²) in [6.45, 7) is 1.34. The number of rotatable bonds is 3. The van der Waals surface area contributed by atoms with E-state index in [1.807, 2.05) is 0 Å². The van der Waals surface area contributed by atoms with E-state index in [2.05, 4.69) is 21.4 Å². The Kier molecular flexibility index (Phi) is 4.66. The van der Waals surface area contributed by atoms with E-state index in [0.717, 1.165) is 18.9 Å². The number of nitrogens with one attached hydrogen (secondary N) is 1. The van der Waals surface area contributed by atoms with Crippen LogP contribution in [0.15, 0.2) is 16.6 Å². The van der Waals surface area contributed by atoms with E-state index in [0.29, 0.717) is 18.8 Å². The van der Waals surface area contributed by atoms with E-state index >= 15 is 0 Å². The number of halogens is 3. The topological polar surface area (TPSA) is 47.3 Å². The Morgan fingerprint density at radius 3 is 2.61 bits per heavy atom. The molecule has 0 aliphatic carbocycles. The maximum atomic E-state index is 13.5. The van der Waals surface area contributed by atoms with Crippen LogP contribution < -0.4 is 11.3 Å². The minimum absolute atomic E-state index is 0.136. The molecule has 100 valence electrons. The van der Waals surface area contributed by atoms with Crippen LogP contribution >= 0.6 is 15.9 Å². The molecule has 1 aliphatic rings. The Balaban J connectivity index is 2.29. The molecular formula is C12H15BrF2N2O. The molecule has 1 fully saturated rings. The summed E-state index contributed by atoms with van der Waals surface area (Å²) in [6, 6.07) is 2.47. The average Bonchev–Trinajstić information content (AvgIpc) is 2.41. The van der Waals surface area contributed by atoms with Crippen molar-refractivity contribution in [1.29, 1.82) is 0 Å². The lowest BCUT2D eigenvalue weighted by molar-refractivity contribution is 0.0535. The van der Waals surface area contributed by atoms with Gasteiger partial charge < -0.3 is 4.74 Å². The molecule has 1 unspecified atom stereocenters. The zero-order valence-electron chi connectivity index (χ0n) is 9.76. The molecule has 0 amide bonds. The largest absolute Gasteiger partial charge is 0.381 e. The van der Waals surface area contributed by atoms with Crippen molar-refractivity contribution in [3.05, 3.63) is 33.8 Å². The first-order valence-electron chi connectivity index (χ1n) is 5.82. The van der Waals surface area contributed by atoms with Crippen molar-refractivity contribution in [2.24, 2.45) is 11.8 Å². The van der Waals surface area contributed by atoms with Crippen LogP contribution in [0.4, 0.5) is 8.78 Å². The van der Waals surface area contributed by atoms with Crippen molar-refractivity contribution in [1.82, 2.24) is 5.43 Å². The van der Waals surface area contributed by atoms with Crippen molar-refractivity contribution in [2.45, 2.75) is 18.9 Å². The molecular weight excluding hydrogens is 306 g/mol. The van der Waals surface area contributed by atoms with Crippen molar-refractivity contribution in [3.63, 3.8) is 0 Å². The number of hydrazine groups is 1. The Morgan fingerprint density at radius 2 is 2.00 bits per heavy atom. The van der Waals surface area contributed by atoms with Crippen LogP contribution in [-0.2, 0) is 4.74 Å². The van der Waals surface area contributed by atoms with Gasteiger partial charge in [0.2, 0.25) is 0 Å². The molecule has 0 saturated carbocycles. The summed E-state index contributed by atoms with van der Waals surface area (Å²) in [6.07, 6.45) is 1.70. The van der Waals surface area contributed by atoms with Gasteiger partial charge >= 0.3 is 0 Å². The quantitative estimate of drug-likeness (QED) is 0.511. The second kappa shape index (κ2) is 6.06. The zero-order chi connectivity index (χ0) is 13.1. The van der Waals surface area contributed by atoms with Crippen molar-refractivity contribution in [2.75, 3.05) is 13.2 Å². The van der Waals surface area contributed by atoms with Crippen LogP contribution in [0.1, 0.15) is 24.4 Å². The van der Waals surface area contributed by atoms with Gasteiger partial charge in [0.1, 0.15) is 0 Å². The van der Waals surface area contributed by atoms with Gasteiger partial charge in [0, 0.05) is 13.2 Å². The highest BCUT2D eigenvalue weighted by Crippen LogP contribution is 2.35. The number of hydrogen-bond acceptors (Lipinski definition) is 3. The third kappa shape index (κ3) is 2.71. The monoisotopic (exact) mass is 320 g/mol. The van der Waals surface area contributed by atoms with Crippen molar-refractivity contribution < 1.29 is 13.5 Å². The number of ether oxygens (including phenoxy) is 1. The number of benzene rings is 1. The second-order valence-electron chi connectivity index (χ2n) is 4.36. The summed E-state index contributed by atoms with van der Waals surface area (Å²) < 4.78 is 32.1. The fourth-order valence-corrected chi connectivity index (χ4v) is 2.88. The summed E-state index contributed by atoms with van der Waals surface area (Å²) in [5, 5.41) is 0. The normalized spacial score (nSPS) is 18.9. The van der Waals surface area contributed by atoms with Gasteiger partial charge in [-0.3, -0.25) is 11.3 Å². The van der Waals surface area contributed by atoms with Gasteiger partial charge in [0.25, 0.3) is 0 Å². The van der Waals surface area contributed by atoms with E-state index in [1.54, 1.807) is 6.07 Å². The molecule has 1 atom stereocenters. The molecule has 1 aromatic carbocycles. The standard InChI is InChI=1S/C12H15BrF2N2O/c13-10-8(1-2-9(14)11(10)15)12(17-16)7-3-5-18-6-4-7/h1-2,7,12,17H,3-6,16H2. The Morgan fingerprint density at radius 1 is 1.33 bits per heavy atom. The molecule has 18 heavy (non-hydrogen) atoms. The van der Waals surface area contributed by atoms with E-state index in [-0.39, 0.29) is 16.4 Å². The summed E-state index contributed by atoms with van der Waals surface area (Å²) in [7, 11) is 0. The van der Waals surface area contributed by atoms with Crippen molar-refractivity contribution >= 4 is 15.9 Å². The third-order valence-corrected chi connectivity index (χ3v) is 4.12.